The predicted octanol–water partition coefficient (Wildman–Crippen LogP) is 2.77. The van der Waals surface area contributed by atoms with Crippen molar-refractivity contribution in [2.24, 2.45) is 0 Å². The Bertz CT molecular complexity index is 458. The topological polar surface area (TPSA) is 62.5 Å². The van der Waals surface area contributed by atoms with Gasteiger partial charge in [0, 0.05) is 5.56 Å². The van der Waals surface area contributed by atoms with E-state index in [-0.39, 0.29) is 18.4 Å². The molecule has 0 bridgehead atoms. The molecule has 19 heavy (non-hydrogen) atoms. The molecule has 1 aromatic rings. The molecule has 1 aromatic heterocycles. The summed E-state index contributed by atoms with van der Waals surface area (Å²) in [4.78, 5) is 12.0. The third-order valence-electron chi connectivity index (χ3n) is 3.95. The lowest BCUT2D eigenvalue weighted by Gasteiger charge is -2.22. The molecule has 0 radical (unpaired) electrons. The second-order valence-corrected chi connectivity index (χ2v) is 5.77. The first-order valence-corrected chi connectivity index (χ1v) is 6.98. The van der Waals surface area contributed by atoms with E-state index in [2.05, 4.69) is 5.32 Å². The van der Waals surface area contributed by atoms with Gasteiger partial charge < -0.3 is 14.8 Å². The lowest BCUT2D eigenvalue weighted by molar-refractivity contribution is -0.126. The van der Waals surface area contributed by atoms with Crippen LogP contribution in [0.25, 0.3) is 0 Å². The molecule has 1 aliphatic rings. The second kappa shape index (κ2) is 5.37. The van der Waals surface area contributed by atoms with E-state index in [0.717, 1.165) is 42.8 Å². The largest absolute Gasteiger partial charge is 0.466 e. The van der Waals surface area contributed by atoms with E-state index in [1.807, 2.05) is 26.8 Å². The minimum absolute atomic E-state index is 0.0878. The second-order valence-electron chi connectivity index (χ2n) is 5.77. The van der Waals surface area contributed by atoms with Gasteiger partial charge in [-0.2, -0.15) is 0 Å². The average molecular weight is 265 g/mol. The molecule has 1 aliphatic carbocycles. The highest BCUT2D eigenvalue weighted by molar-refractivity contribution is 5.77. The van der Waals surface area contributed by atoms with Crippen LogP contribution in [0.3, 0.4) is 0 Å². The summed E-state index contributed by atoms with van der Waals surface area (Å²) < 4.78 is 5.47. The number of furan rings is 1. The van der Waals surface area contributed by atoms with Crippen molar-refractivity contribution in [3.05, 3.63) is 23.2 Å². The van der Waals surface area contributed by atoms with Gasteiger partial charge in [0.1, 0.15) is 11.5 Å². The molecule has 4 heteroatoms. The van der Waals surface area contributed by atoms with Crippen LogP contribution in [0.5, 0.6) is 0 Å². The van der Waals surface area contributed by atoms with Gasteiger partial charge in [0.05, 0.1) is 18.1 Å². The third-order valence-corrected chi connectivity index (χ3v) is 3.95. The Morgan fingerprint density at radius 2 is 2.11 bits per heavy atom. The van der Waals surface area contributed by atoms with E-state index in [1.165, 1.54) is 0 Å². The molecule has 2 N–H and O–H groups in total. The standard InChI is InChI=1S/C15H23NO3/c1-10-8-13(12(3)19-10)11(2)16-14(17)9-15(18)6-4-5-7-15/h8,11,18H,4-7,9H2,1-3H3,(H,16,17). The summed E-state index contributed by atoms with van der Waals surface area (Å²) in [6.07, 6.45) is 3.70. The lowest BCUT2D eigenvalue weighted by Crippen LogP contribution is -2.35. The minimum atomic E-state index is -0.787. The van der Waals surface area contributed by atoms with Crippen molar-refractivity contribution in [2.45, 2.75) is 64.5 Å². The average Bonchev–Trinajstić information content (AvgIpc) is 2.84. The van der Waals surface area contributed by atoms with Gasteiger partial charge in [-0.25, -0.2) is 0 Å². The summed E-state index contributed by atoms with van der Waals surface area (Å²) >= 11 is 0. The molecule has 0 aromatic carbocycles. The van der Waals surface area contributed by atoms with Crippen LogP contribution in [0.4, 0.5) is 0 Å². The fraction of sp³-hybridized carbons (Fsp3) is 0.667. The van der Waals surface area contributed by atoms with E-state index in [1.54, 1.807) is 0 Å². The summed E-state index contributed by atoms with van der Waals surface area (Å²) in [5, 5.41) is 13.2. The molecular formula is C15H23NO3. The van der Waals surface area contributed by atoms with Crippen molar-refractivity contribution in [1.29, 1.82) is 0 Å². The van der Waals surface area contributed by atoms with E-state index in [4.69, 9.17) is 4.42 Å². The van der Waals surface area contributed by atoms with Gasteiger partial charge >= 0.3 is 0 Å². The Kier molecular flexibility index (Phi) is 3.99. The predicted molar refractivity (Wildman–Crippen MR) is 72.8 cm³/mol. The van der Waals surface area contributed by atoms with Gasteiger partial charge in [-0.1, -0.05) is 12.8 Å². The van der Waals surface area contributed by atoms with Crippen molar-refractivity contribution in [1.82, 2.24) is 5.32 Å². The number of hydrogen-bond acceptors (Lipinski definition) is 3. The van der Waals surface area contributed by atoms with Crippen LogP contribution in [0.15, 0.2) is 10.5 Å². The van der Waals surface area contributed by atoms with Crippen molar-refractivity contribution in [3.8, 4) is 0 Å². The quantitative estimate of drug-likeness (QED) is 0.880. The molecule has 0 aliphatic heterocycles. The first-order valence-electron chi connectivity index (χ1n) is 6.98. The van der Waals surface area contributed by atoms with Gasteiger partial charge in [0.25, 0.3) is 0 Å². The molecule has 2 rings (SSSR count). The molecule has 1 fully saturated rings. The highest BCUT2D eigenvalue weighted by Gasteiger charge is 2.33. The number of carbonyl (C=O) groups is 1. The number of aliphatic hydroxyl groups is 1. The van der Waals surface area contributed by atoms with Gasteiger partial charge in [-0.15, -0.1) is 0 Å². The van der Waals surface area contributed by atoms with E-state index in [9.17, 15) is 9.90 Å². The first kappa shape index (κ1) is 14.1. The van der Waals surface area contributed by atoms with Gasteiger partial charge in [-0.05, 0) is 39.7 Å². The zero-order valence-electron chi connectivity index (χ0n) is 12.0. The number of nitrogens with one attached hydrogen (secondary N) is 1. The van der Waals surface area contributed by atoms with Gasteiger partial charge in [0.2, 0.25) is 5.91 Å². The van der Waals surface area contributed by atoms with Crippen LogP contribution in [-0.4, -0.2) is 16.6 Å². The maximum absolute atomic E-state index is 12.0. The monoisotopic (exact) mass is 265 g/mol. The van der Waals surface area contributed by atoms with Crippen LogP contribution in [0.1, 0.15) is 62.2 Å². The lowest BCUT2D eigenvalue weighted by atomic mass is 9.97. The van der Waals surface area contributed by atoms with Crippen molar-refractivity contribution in [3.63, 3.8) is 0 Å². The molecule has 1 heterocycles. The van der Waals surface area contributed by atoms with E-state index in [0.29, 0.717) is 0 Å². The Balaban J connectivity index is 1.93. The van der Waals surface area contributed by atoms with Crippen LogP contribution in [-0.2, 0) is 4.79 Å². The molecule has 1 amide bonds. The third kappa shape index (κ3) is 3.38. The highest BCUT2D eigenvalue weighted by atomic mass is 16.3. The van der Waals surface area contributed by atoms with Crippen LogP contribution in [0.2, 0.25) is 0 Å². The highest BCUT2D eigenvalue weighted by Crippen LogP contribution is 2.32. The molecule has 1 saturated carbocycles. The fourth-order valence-corrected chi connectivity index (χ4v) is 2.96. The summed E-state index contributed by atoms with van der Waals surface area (Å²) in [5.74, 6) is 1.60. The zero-order chi connectivity index (χ0) is 14.0. The normalized spacial score (nSPS) is 19.4. The molecular weight excluding hydrogens is 242 g/mol. The maximum atomic E-state index is 12.0. The summed E-state index contributed by atoms with van der Waals surface area (Å²) in [7, 11) is 0. The number of carbonyl (C=O) groups excluding carboxylic acids is 1. The zero-order valence-corrected chi connectivity index (χ0v) is 12.0. The van der Waals surface area contributed by atoms with Crippen LogP contribution < -0.4 is 5.32 Å². The van der Waals surface area contributed by atoms with E-state index < -0.39 is 5.60 Å². The number of hydrogen-bond donors (Lipinski definition) is 2. The Morgan fingerprint density at radius 3 is 2.63 bits per heavy atom. The van der Waals surface area contributed by atoms with E-state index >= 15 is 0 Å². The molecule has 0 saturated heterocycles. The van der Waals surface area contributed by atoms with Crippen LogP contribution >= 0.6 is 0 Å². The number of rotatable bonds is 4. The SMILES string of the molecule is Cc1cc(C(C)NC(=O)CC2(O)CCCC2)c(C)o1. The summed E-state index contributed by atoms with van der Waals surface area (Å²) in [6.45, 7) is 5.73. The van der Waals surface area contributed by atoms with Gasteiger partial charge in [0.15, 0.2) is 0 Å². The molecule has 4 nitrogen and oxygen atoms in total. The molecule has 0 spiro atoms. The fourth-order valence-electron chi connectivity index (χ4n) is 2.96. The Morgan fingerprint density at radius 1 is 1.47 bits per heavy atom. The van der Waals surface area contributed by atoms with Crippen LogP contribution in [0, 0.1) is 13.8 Å². The molecule has 1 unspecified atom stereocenters. The molecule has 106 valence electrons. The summed E-state index contributed by atoms with van der Waals surface area (Å²) in [6, 6.07) is 1.86. The number of aryl methyl sites for hydroxylation is 2. The first-order chi connectivity index (χ1) is 8.89. The van der Waals surface area contributed by atoms with Crippen molar-refractivity contribution in [2.75, 3.05) is 0 Å². The smallest absolute Gasteiger partial charge is 0.223 e. The molecule has 1 atom stereocenters. The Labute approximate surface area is 114 Å². The van der Waals surface area contributed by atoms with Gasteiger partial charge in [-0.3, -0.25) is 4.79 Å². The summed E-state index contributed by atoms with van der Waals surface area (Å²) in [5.41, 5.74) is 0.217. The number of amides is 1. The minimum Gasteiger partial charge on any atom is -0.466 e. The Hall–Kier alpha value is -1.29. The van der Waals surface area contributed by atoms with Crippen molar-refractivity contribution >= 4 is 5.91 Å². The van der Waals surface area contributed by atoms with Crippen molar-refractivity contribution < 1.29 is 14.3 Å². The maximum Gasteiger partial charge on any atom is 0.223 e.